The molecule has 1 saturated carbocycles. The number of rotatable bonds is 4. The van der Waals surface area contributed by atoms with Crippen LogP contribution in [0.1, 0.15) is 44.9 Å². The third-order valence-corrected chi connectivity index (χ3v) is 5.93. The summed E-state index contributed by atoms with van der Waals surface area (Å²) in [5.41, 5.74) is -0.667. The number of ether oxygens (including phenoxy) is 1. The zero-order chi connectivity index (χ0) is 18.4. The van der Waals surface area contributed by atoms with Gasteiger partial charge in [0.2, 0.25) is 11.8 Å². The van der Waals surface area contributed by atoms with Crippen LogP contribution in [0.25, 0.3) is 0 Å². The second kappa shape index (κ2) is 8.83. The Balaban J connectivity index is 1.42. The lowest BCUT2D eigenvalue weighted by atomic mass is 9.83. The summed E-state index contributed by atoms with van der Waals surface area (Å²) in [6.45, 7) is 4.48. The Bertz CT molecular complexity index is 539. The lowest BCUT2D eigenvalue weighted by Crippen LogP contribution is -2.53. The van der Waals surface area contributed by atoms with Gasteiger partial charge in [0.25, 0.3) is 0 Å². The summed E-state index contributed by atoms with van der Waals surface area (Å²) in [4.78, 5) is 29.0. The molecule has 1 N–H and O–H groups in total. The number of nitriles is 1. The van der Waals surface area contributed by atoms with E-state index in [1.165, 1.54) is 0 Å². The molecule has 144 valence electrons. The third-order valence-electron chi connectivity index (χ3n) is 5.93. The van der Waals surface area contributed by atoms with Crippen LogP contribution in [0, 0.1) is 17.2 Å². The molecule has 0 bridgehead atoms. The molecule has 7 nitrogen and oxygen atoms in total. The van der Waals surface area contributed by atoms with Crippen LogP contribution in [-0.4, -0.2) is 73.1 Å². The highest BCUT2D eigenvalue weighted by molar-refractivity contribution is 5.80. The molecule has 0 radical (unpaired) electrons. The highest BCUT2D eigenvalue weighted by atomic mass is 16.5. The van der Waals surface area contributed by atoms with Crippen molar-refractivity contribution >= 4 is 11.8 Å². The first kappa shape index (κ1) is 19.1. The molecule has 3 aliphatic rings. The number of likely N-dealkylation sites (tertiary alicyclic amines) is 1. The van der Waals surface area contributed by atoms with Crippen molar-refractivity contribution in [1.29, 1.82) is 5.26 Å². The van der Waals surface area contributed by atoms with Crippen molar-refractivity contribution in [3.05, 3.63) is 0 Å². The molecule has 0 aromatic carbocycles. The maximum Gasteiger partial charge on any atom is 0.235 e. The van der Waals surface area contributed by atoms with Crippen LogP contribution < -0.4 is 5.32 Å². The van der Waals surface area contributed by atoms with Crippen molar-refractivity contribution in [1.82, 2.24) is 15.1 Å². The Labute approximate surface area is 155 Å². The minimum absolute atomic E-state index is 0.0635. The summed E-state index contributed by atoms with van der Waals surface area (Å²) >= 11 is 0. The lowest BCUT2D eigenvalue weighted by Gasteiger charge is -2.36. The van der Waals surface area contributed by atoms with Gasteiger partial charge in [-0.1, -0.05) is 19.3 Å². The minimum atomic E-state index is -0.667. The molecule has 0 spiro atoms. The maximum absolute atomic E-state index is 12.6. The van der Waals surface area contributed by atoms with E-state index in [0.717, 1.165) is 58.0 Å². The Morgan fingerprint density at radius 1 is 1.08 bits per heavy atom. The highest BCUT2D eigenvalue weighted by Gasteiger charge is 2.35. The summed E-state index contributed by atoms with van der Waals surface area (Å²) < 4.78 is 5.31. The van der Waals surface area contributed by atoms with E-state index in [1.807, 2.05) is 4.90 Å². The van der Waals surface area contributed by atoms with E-state index in [4.69, 9.17) is 4.74 Å². The quantitative estimate of drug-likeness (QED) is 0.803. The van der Waals surface area contributed by atoms with Crippen LogP contribution in [-0.2, 0) is 14.3 Å². The molecule has 0 unspecified atom stereocenters. The van der Waals surface area contributed by atoms with E-state index in [0.29, 0.717) is 32.8 Å². The first-order chi connectivity index (χ1) is 12.6. The number of morpholine rings is 1. The Hall–Kier alpha value is -1.65. The van der Waals surface area contributed by atoms with Crippen LogP contribution in [0.15, 0.2) is 0 Å². The Morgan fingerprint density at radius 2 is 1.73 bits per heavy atom. The summed E-state index contributed by atoms with van der Waals surface area (Å²) in [6, 6.07) is 2.33. The largest absolute Gasteiger partial charge is 0.378 e. The molecule has 1 aliphatic carbocycles. The average Bonchev–Trinajstić information content (AvgIpc) is 2.69. The van der Waals surface area contributed by atoms with Gasteiger partial charge < -0.3 is 15.0 Å². The zero-order valence-electron chi connectivity index (χ0n) is 15.5. The molecular weight excluding hydrogens is 332 g/mol. The molecule has 3 fully saturated rings. The second-order valence-corrected chi connectivity index (χ2v) is 7.79. The number of hydrogen-bond acceptors (Lipinski definition) is 5. The van der Waals surface area contributed by atoms with E-state index in [1.54, 1.807) is 0 Å². The van der Waals surface area contributed by atoms with Gasteiger partial charge in [-0.15, -0.1) is 0 Å². The van der Waals surface area contributed by atoms with Crippen molar-refractivity contribution < 1.29 is 14.3 Å². The molecule has 0 aromatic rings. The van der Waals surface area contributed by atoms with Crippen molar-refractivity contribution in [2.24, 2.45) is 5.92 Å². The number of amides is 2. The number of hydrogen-bond donors (Lipinski definition) is 1. The normalized spacial score (nSPS) is 24.7. The van der Waals surface area contributed by atoms with E-state index in [9.17, 15) is 14.9 Å². The summed E-state index contributed by atoms with van der Waals surface area (Å²) in [5, 5.41) is 12.5. The molecule has 7 heteroatoms. The first-order valence-electron chi connectivity index (χ1n) is 9.93. The third kappa shape index (κ3) is 4.74. The second-order valence-electron chi connectivity index (χ2n) is 7.79. The van der Waals surface area contributed by atoms with Crippen LogP contribution in [0.4, 0.5) is 0 Å². The Kier molecular flexibility index (Phi) is 6.49. The number of carbonyl (C=O) groups excluding carboxylic acids is 2. The van der Waals surface area contributed by atoms with E-state index in [2.05, 4.69) is 16.3 Å². The molecule has 26 heavy (non-hydrogen) atoms. The Morgan fingerprint density at radius 3 is 2.35 bits per heavy atom. The van der Waals surface area contributed by atoms with Gasteiger partial charge in [-0.25, -0.2) is 0 Å². The highest BCUT2D eigenvalue weighted by Crippen LogP contribution is 2.27. The summed E-state index contributed by atoms with van der Waals surface area (Å²) in [7, 11) is 0. The monoisotopic (exact) mass is 362 g/mol. The molecule has 3 rings (SSSR count). The average molecular weight is 362 g/mol. The molecule has 2 amide bonds. The molecule has 0 atom stereocenters. The van der Waals surface area contributed by atoms with Crippen molar-refractivity contribution in [2.45, 2.75) is 50.5 Å². The van der Waals surface area contributed by atoms with E-state index >= 15 is 0 Å². The standard InChI is InChI=1S/C19H30N4O3/c20-15-19(6-2-1-3-7-19)21-17(24)14-22-8-4-16(5-9-22)18(25)23-10-12-26-13-11-23/h16H,1-14H2,(H,21,24). The predicted octanol–water partition coefficient (Wildman–Crippen LogP) is 0.900. The first-order valence-corrected chi connectivity index (χ1v) is 9.93. The number of carbonyl (C=O) groups is 2. The van der Waals surface area contributed by atoms with Gasteiger partial charge in [-0.2, -0.15) is 5.26 Å². The van der Waals surface area contributed by atoms with Gasteiger partial charge >= 0.3 is 0 Å². The van der Waals surface area contributed by atoms with Gasteiger partial charge in [-0.3, -0.25) is 14.5 Å². The molecular formula is C19H30N4O3. The summed E-state index contributed by atoms with van der Waals surface area (Å²) in [5.74, 6) is 0.241. The molecule has 2 aliphatic heterocycles. The lowest BCUT2D eigenvalue weighted by molar-refractivity contribution is -0.141. The van der Waals surface area contributed by atoms with E-state index in [-0.39, 0.29) is 17.7 Å². The summed E-state index contributed by atoms with van der Waals surface area (Å²) in [6.07, 6.45) is 6.26. The molecule has 0 aromatic heterocycles. The van der Waals surface area contributed by atoms with Crippen LogP contribution in [0.5, 0.6) is 0 Å². The van der Waals surface area contributed by atoms with Crippen LogP contribution >= 0.6 is 0 Å². The van der Waals surface area contributed by atoms with Gasteiger partial charge in [0.1, 0.15) is 5.54 Å². The number of piperidine rings is 1. The molecule has 2 saturated heterocycles. The van der Waals surface area contributed by atoms with Crippen molar-refractivity contribution in [3.8, 4) is 6.07 Å². The van der Waals surface area contributed by atoms with Crippen LogP contribution in [0.3, 0.4) is 0 Å². The topological polar surface area (TPSA) is 85.7 Å². The van der Waals surface area contributed by atoms with Gasteiger partial charge in [0.05, 0.1) is 25.8 Å². The van der Waals surface area contributed by atoms with Crippen LogP contribution in [0.2, 0.25) is 0 Å². The molecule has 2 heterocycles. The van der Waals surface area contributed by atoms with Gasteiger partial charge in [0.15, 0.2) is 0 Å². The fraction of sp³-hybridized carbons (Fsp3) is 0.842. The minimum Gasteiger partial charge on any atom is -0.378 e. The fourth-order valence-electron chi connectivity index (χ4n) is 4.31. The predicted molar refractivity (Wildman–Crippen MR) is 96.1 cm³/mol. The van der Waals surface area contributed by atoms with Crippen molar-refractivity contribution in [2.75, 3.05) is 45.9 Å². The number of nitrogens with zero attached hydrogens (tertiary/aromatic N) is 3. The van der Waals surface area contributed by atoms with Gasteiger partial charge in [0, 0.05) is 19.0 Å². The smallest absolute Gasteiger partial charge is 0.235 e. The zero-order valence-corrected chi connectivity index (χ0v) is 15.5. The number of nitrogens with one attached hydrogen (secondary N) is 1. The fourth-order valence-corrected chi connectivity index (χ4v) is 4.31. The SMILES string of the molecule is N#CC1(NC(=O)CN2CCC(C(=O)N3CCOCC3)CC2)CCCCC1. The maximum atomic E-state index is 12.6. The van der Waals surface area contributed by atoms with Crippen molar-refractivity contribution in [3.63, 3.8) is 0 Å². The van der Waals surface area contributed by atoms with E-state index < -0.39 is 5.54 Å². The van der Waals surface area contributed by atoms with Gasteiger partial charge in [-0.05, 0) is 38.8 Å².